The van der Waals surface area contributed by atoms with E-state index in [-0.39, 0.29) is 5.97 Å². The van der Waals surface area contributed by atoms with E-state index < -0.39 is 0 Å². The second kappa shape index (κ2) is 8.85. The van der Waals surface area contributed by atoms with Crippen LogP contribution in [0.3, 0.4) is 0 Å². The standard InChI is InChI=1S/C22H21NO4/c1-3-13-26-22(24)17-6-4-5-16(14-17)21-12-11-20(27-21)15-23-18-7-9-19(25-2)10-8-18/h4-12,14-15H,3,13H2,1-2H3. The highest BCUT2D eigenvalue weighted by molar-refractivity contribution is 5.91. The maximum Gasteiger partial charge on any atom is 0.338 e. The molecule has 0 fully saturated rings. The molecule has 0 saturated carbocycles. The van der Waals surface area contributed by atoms with Crippen LogP contribution in [0.15, 0.2) is 70.1 Å². The van der Waals surface area contributed by atoms with Crippen molar-refractivity contribution in [3.8, 4) is 17.1 Å². The summed E-state index contributed by atoms with van der Waals surface area (Å²) in [7, 11) is 1.63. The van der Waals surface area contributed by atoms with Crippen LogP contribution in [0.2, 0.25) is 0 Å². The summed E-state index contributed by atoms with van der Waals surface area (Å²) in [4.78, 5) is 16.4. The Morgan fingerprint density at radius 3 is 2.67 bits per heavy atom. The van der Waals surface area contributed by atoms with Gasteiger partial charge in [0, 0.05) is 5.56 Å². The summed E-state index contributed by atoms with van der Waals surface area (Å²) in [6.07, 6.45) is 2.45. The number of aliphatic imine (C=N–C) groups is 1. The van der Waals surface area contributed by atoms with E-state index in [1.807, 2.05) is 55.5 Å². The molecular weight excluding hydrogens is 342 g/mol. The molecule has 5 nitrogen and oxygen atoms in total. The molecule has 0 bridgehead atoms. The van der Waals surface area contributed by atoms with Crippen molar-refractivity contribution in [1.82, 2.24) is 0 Å². The van der Waals surface area contributed by atoms with E-state index in [2.05, 4.69) is 4.99 Å². The minimum Gasteiger partial charge on any atom is -0.497 e. The monoisotopic (exact) mass is 363 g/mol. The summed E-state index contributed by atoms with van der Waals surface area (Å²) >= 11 is 0. The second-order valence-corrected chi connectivity index (χ2v) is 5.87. The number of nitrogens with zero attached hydrogens (tertiary/aromatic N) is 1. The first-order chi connectivity index (χ1) is 13.2. The van der Waals surface area contributed by atoms with E-state index >= 15 is 0 Å². The minimum atomic E-state index is -0.327. The number of hydrogen-bond donors (Lipinski definition) is 0. The largest absolute Gasteiger partial charge is 0.497 e. The van der Waals surface area contributed by atoms with Gasteiger partial charge in [-0.3, -0.25) is 4.99 Å². The van der Waals surface area contributed by atoms with E-state index in [4.69, 9.17) is 13.9 Å². The Hall–Kier alpha value is -3.34. The van der Waals surface area contributed by atoms with Crippen LogP contribution in [-0.2, 0) is 4.74 Å². The molecule has 27 heavy (non-hydrogen) atoms. The van der Waals surface area contributed by atoms with E-state index in [1.54, 1.807) is 25.5 Å². The number of esters is 1. The molecule has 0 spiro atoms. The van der Waals surface area contributed by atoms with Crippen LogP contribution in [0.1, 0.15) is 29.5 Å². The third kappa shape index (κ3) is 4.85. The molecule has 138 valence electrons. The lowest BCUT2D eigenvalue weighted by Gasteiger charge is -2.04. The fourth-order valence-electron chi connectivity index (χ4n) is 2.46. The first-order valence-electron chi connectivity index (χ1n) is 8.75. The topological polar surface area (TPSA) is 61.0 Å². The first-order valence-corrected chi connectivity index (χ1v) is 8.75. The van der Waals surface area contributed by atoms with Gasteiger partial charge in [0.05, 0.1) is 31.2 Å². The molecular formula is C22H21NO4. The lowest BCUT2D eigenvalue weighted by atomic mass is 10.1. The maximum atomic E-state index is 12.0. The Morgan fingerprint density at radius 1 is 1.11 bits per heavy atom. The number of hydrogen-bond acceptors (Lipinski definition) is 5. The number of benzene rings is 2. The Morgan fingerprint density at radius 2 is 1.93 bits per heavy atom. The van der Waals surface area contributed by atoms with Crippen molar-refractivity contribution in [1.29, 1.82) is 0 Å². The van der Waals surface area contributed by atoms with Crippen LogP contribution in [0, 0.1) is 0 Å². The van der Waals surface area contributed by atoms with Crippen LogP contribution < -0.4 is 4.74 Å². The second-order valence-electron chi connectivity index (χ2n) is 5.87. The zero-order chi connectivity index (χ0) is 19.1. The highest BCUT2D eigenvalue weighted by atomic mass is 16.5. The van der Waals surface area contributed by atoms with Gasteiger partial charge in [-0.15, -0.1) is 0 Å². The fraction of sp³-hybridized carbons (Fsp3) is 0.182. The quantitative estimate of drug-likeness (QED) is 0.424. The zero-order valence-corrected chi connectivity index (χ0v) is 15.3. The summed E-state index contributed by atoms with van der Waals surface area (Å²) in [6.45, 7) is 2.37. The molecule has 0 N–H and O–H groups in total. The minimum absolute atomic E-state index is 0.327. The van der Waals surface area contributed by atoms with Crippen molar-refractivity contribution < 1.29 is 18.7 Å². The molecule has 2 aromatic carbocycles. The summed E-state index contributed by atoms with van der Waals surface area (Å²) < 4.78 is 16.1. The molecule has 0 radical (unpaired) electrons. The number of rotatable bonds is 7. The summed E-state index contributed by atoms with van der Waals surface area (Å²) in [5, 5.41) is 0. The number of ether oxygens (including phenoxy) is 2. The molecule has 0 aliphatic carbocycles. The molecule has 0 saturated heterocycles. The molecule has 0 aliphatic rings. The predicted molar refractivity (Wildman–Crippen MR) is 105 cm³/mol. The van der Waals surface area contributed by atoms with Crippen molar-refractivity contribution in [3.63, 3.8) is 0 Å². The molecule has 0 unspecified atom stereocenters. The third-order valence-corrected chi connectivity index (χ3v) is 3.86. The molecule has 5 heteroatoms. The van der Waals surface area contributed by atoms with Gasteiger partial charge in [0.1, 0.15) is 17.3 Å². The average molecular weight is 363 g/mol. The van der Waals surface area contributed by atoms with Crippen LogP contribution >= 0.6 is 0 Å². The van der Waals surface area contributed by atoms with Crippen molar-refractivity contribution in [2.75, 3.05) is 13.7 Å². The van der Waals surface area contributed by atoms with Gasteiger partial charge in [-0.25, -0.2) is 4.79 Å². The first kappa shape index (κ1) is 18.5. The Labute approximate surface area is 158 Å². The van der Waals surface area contributed by atoms with Gasteiger partial charge in [0.15, 0.2) is 0 Å². The van der Waals surface area contributed by atoms with Crippen molar-refractivity contribution in [2.45, 2.75) is 13.3 Å². The Kier molecular flexibility index (Phi) is 6.05. The van der Waals surface area contributed by atoms with E-state index in [1.165, 1.54) is 0 Å². The molecule has 1 heterocycles. The number of methoxy groups -OCH3 is 1. The predicted octanol–water partition coefficient (Wildman–Crippen LogP) is 5.27. The molecule has 1 aromatic heterocycles. The van der Waals surface area contributed by atoms with Gasteiger partial charge in [0.25, 0.3) is 0 Å². The van der Waals surface area contributed by atoms with E-state index in [9.17, 15) is 4.79 Å². The number of carbonyl (C=O) groups excluding carboxylic acids is 1. The summed E-state index contributed by atoms with van der Waals surface area (Å²) in [5.41, 5.74) is 2.12. The zero-order valence-electron chi connectivity index (χ0n) is 15.3. The maximum absolute atomic E-state index is 12.0. The SMILES string of the molecule is CCCOC(=O)c1cccc(-c2ccc(C=Nc3ccc(OC)cc3)o2)c1. The number of carbonyl (C=O) groups is 1. The van der Waals surface area contributed by atoms with Gasteiger partial charge in [-0.2, -0.15) is 0 Å². The van der Waals surface area contributed by atoms with Gasteiger partial charge in [0.2, 0.25) is 0 Å². The normalized spacial score (nSPS) is 10.9. The molecule has 0 aliphatic heterocycles. The lowest BCUT2D eigenvalue weighted by Crippen LogP contribution is -2.05. The summed E-state index contributed by atoms with van der Waals surface area (Å²) in [5.74, 6) is 1.74. The number of furan rings is 1. The van der Waals surface area contributed by atoms with Crippen LogP contribution in [0.5, 0.6) is 5.75 Å². The van der Waals surface area contributed by atoms with Crippen molar-refractivity contribution in [3.05, 3.63) is 72.0 Å². The Bertz CT molecular complexity index is 925. The highest BCUT2D eigenvalue weighted by Crippen LogP contribution is 2.24. The third-order valence-electron chi connectivity index (χ3n) is 3.86. The van der Waals surface area contributed by atoms with E-state index in [0.29, 0.717) is 23.7 Å². The average Bonchev–Trinajstić information content (AvgIpc) is 3.20. The smallest absolute Gasteiger partial charge is 0.338 e. The highest BCUT2D eigenvalue weighted by Gasteiger charge is 2.10. The van der Waals surface area contributed by atoms with Crippen LogP contribution in [0.4, 0.5) is 5.69 Å². The molecule has 0 atom stereocenters. The van der Waals surface area contributed by atoms with Crippen LogP contribution in [0.25, 0.3) is 11.3 Å². The van der Waals surface area contributed by atoms with Gasteiger partial charge in [-0.1, -0.05) is 19.1 Å². The molecule has 3 rings (SSSR count). The fourth-order valence-corrected chi connectivity index (χ4v) is 2.46. The van der Waals surface area contributed by atoms with Gasteiger partial charge >= 0.3 is 5.97 Å². The molecule has 3 aromatic rings. The molecule has 0 amide bonds. The van der Waals surface area contributed by atoms with Gasteiger partial charge in [-0.05, 0) is 55.0 Å². The van der Waals surface area contributed by atoms with Crippen LogP contribution in [-0.4, -0.2) is 25.9 Å². The summed E-state index contributed by atoms with van der Waals surface area (Å²) in [6, 6.07) is 18.3. The van der Waals surface area contributed by atoms with Gasteiger partial charge < -0.3 is 13.9 Å². The lowest BCUT2D eigenvalue weighted by molar-refractivity contribution is 0.0505. The van der Waals surface area contributed by atoms with Crippen molar-refractivity contribution in [2.24, 2.45) is 4.99 Å². The van der Waals surface area contributed by atoms with E-state index in [0.717, 1.165) is 23.4 Å². The Balaban J connectivity index is 1.73. The van der Waals surface area contributed by atoms with Crippen molar-refractivity contribution >= 4 is 17.9 Å².